The number of amides is 1. The quantitative estimate of drug-likeness (QED) is 0.685. The summed E-state index contributed by atoms with van der Waals surface area (Å²) in [6.07, 6.45) is 7.86. The van der Waals surface area contributed by atoms with Crippen LogP contribution in [-0.2, 0) is 6.42 Å². The van der Waals surface area contributed by atoms with Crippen LogP contribution < -0.4 is 4.74 Å². The number of carbonyl (C=O) groups is 1. The Hall–Kier alpha value is -3.09. The van der Waals surface area contributed by atoms with Crippen molar-refractivity contribution in [2.75, 3.05) is 13.7 Å². The molecule has 0 N–H and O–H groups in total. The monoisotopic (exact) mass is 367 g/mol. The highest BCUT2D eigenvalue weighted by Gasteiger charge is 2.33. The van der Waals surface area contributed by atoms with E-state index in [4.69, 9.17) is 13.6 Å². The van der Waals surface area contributed by atoms with Crippen LogP contribution in [0.4, 0.5) is 0 Å². The van der Waals surface area contributed by atoms with Gasteiger partial charge in [0.2, 0.25) is 11.7 Å². The topological polar surface area (TPSA) is 81.6 Å². The van der Waals surface area contributed by atoms with Gasteiger partial charge in [0.1, 0.15) is 17.6 Å². The lowest BCUT2D eigenvalue weighted by atomic mass is 10.0. The molecule has 1 saturated heterocycles. The van der Waals surface area contributed by atoms with E-state index in [0.717, 1.165) is 36.3 Å². The fourth-order valence-corrected chi connectivity index (χ4v) is 3.44. The zero-order valence-corrected chi connectivity index (χ0v) is 15.1. The summed E-state index contributed by atoms with van der Waals surface area (Å²) in [5.41, 5.74) is 1.08. The van der Waals surface area contributed by atoms with Crippen LogP contribution in [0.5, 0.6) is 5.75 Å². The van der Waals surface area contributed by atoms with Crippen LogP contribution in [0.1, 0.15) is 53.1 Å². The van der Waals surface area contributed by atoms with Gasteiger partial charge in [-0.2, -0.15) is 0 Å². The molecule has 4 rings (SSSR count). The van der Waals surface area contributed by atoms with E-state index >= 15 is 0 Å². The molecule has 7 heteroatoms. The minimum Gasteiger partial charge on any atom is -0.497 e. The van der Waals surface area contributed by atoms with E-state index in [-0.39, 0.29) is 17.7 Å². The minimum atomic E-state index is -0.185. The van der Waals surface area contributed by atoms with Crippen LogP contribution in [0, 0.1) is 0 Å². The second kappa shape index (κ2) is 7.65. The Morgan fingerprint density at radius 3 is 3.07 bits per heavy atom. The molecule has 1 aliphatic heterocycles. The molecule has 0 bridgehead atoms. The molecule has 0 saturated carbocycles. The number of aromatic nitrogens is 2. The highest BCUT2D eigenvalue weighted by molar-refractivity contribution is 5.91. The molecule has 0 unspecified atom stereocenters. The van der Waals surface area contributed by atoms with Gasteiger partial charge in [0.15, 0.2) is 6.39 Å². The number of carbonyl (C=O) groups excluding carboxylic acids is 1. The normalized spacial score (nSPS) is 17.1. The lowest BCUT2D eigenvalue weighted by molar-refractivity contribution is 0.0538. The summed E-state index contributed by atoms with van der Waals surface area (Å²) in [6.45, 7) is 0.651. The molecule has 1 aromatic carbocycles. The number of likely N-dealkylation sites (tertiary alicyclic amines) is 1. The van der Waals surface area contributed by atoms with Crippen LogP contribution in [0.15, 0.2) is 51.9 Å². The second-order valence-corrected chi connectivity index (χ2v) is 6.57. The van der Waals surface area contributed by atoms with Crippen molar-refractivity contribution < 1.29 is 18.4 Å². The summed E-state index contributed by atoms with van der Waals surface area (Å²) < 4.78 is 16.4. The van der Waals surface area contributed by atoms with Gasteiger partial charge in [-0.3, -0.25) is 4.79 Å². The number of oxazole rings is 2. The molecule has 1 fully saturated rings. The van der Waals surface area contributed by atoms with Gasteiger partial charge >= 0.3 is 0 Å². The number of ether oxygens (including phenoxy) is 1. The lowest BCUT2D eigenvalue weighted by Gasteiger charge is -2.33. The van der Waals surface area contributed by atoms with Gasteiger partial charge in [0.25, 0.3) is 5.91 Å². The predicted octanol–water partition coefficient (Wildman–Crippen LogP) is 3.63. The lowest BCUT2D eigenvalue weighted by Crippen LogP contribution is -2.38. The summed E-state index contributed by atoms with van der Waals surface area (Å²) in [4.78, 5) is 22.8. The summed E-state index contributed by atoms with van der Waals surface area (Å²) >= 11 is 0. The van der Waals surface area contributed by atoms with Crippen LogP contribution >= 0.6 is 0 Å². The first-order valence-electron chi connectivity index (χ1n) is 9.01. The Labute approximate surface area is 157 Å². The Kier molecular flexibility index (Phi) is 4.91. The number of benzene rings is 1. The number of hydrogen-bond acceptors (Lipinski definition) is 6. The van der Waals surface area contributed by atoms with Crippen LogP contribution in [0.2, 0.25) is 0 Å². The zero-order valence-electron chi connectivity index (χ0n) is 15.1. The first-order chi connectivity index (χ1) is 13.2. The smallest absolute Gasteiger partial charge is 0.291 e. The van der Waals surface area contributed by atoms with Crippen molar-refractivity contribution in [1.82, 2.24) is 14.9 Å². The number of nitrogens with zero attached hydrogens (tertiary/aromatic N) is 3. The van der Waals surface area contributed by atoms with Crippen molar-refractivity contribution >= 4 is 5.91 Å². The summed E-state index contributed by atoms with van der Waals surface area (Å²) in [5, 5.41) is 0. The van der Waals surface area contributed by atoms with E-state index in [0.29, 0.717) is 18.9 Å². The standard InChI is InChI=1S/C20H21N3O4/c1-25-15-6-4-5-14(9-15)10-16-11-22-19(27-16)17-7-2-3-8-23(17)20(24)18-12-21-13-26-18/h4-6,9,11-13,17H,2-3,7-8,10H2,1H3/t17-/m0/s1. The van der Waals surface area contributed by atoms with E-state index in [2.05, 4.69) is 9.97 Å². The summed E-state index contributed by atoms with van der Waals surface area (Å²) in [5.74, 6) is 2.20. The van der Waals surface area contributed by atoms with Crippen molar-refractivity contribution in [3.8, 4) is 5.75 Å². The molecule has 0 spiro atoms. The third-order valence-electron chi connectivity index (χ3n) is 4.78. The maximum atomic E-state index is 12.7. The van der Waals surface area contributed by atoms with Crippen molar-refractivity contribution in [2.45, 2.75) is 31.7 Å². The molecule has 1 amide bonds. The number of piperidine rings is 1. The van der Waals surface area contributed by atoms with Gasteiger partial charge < -0.3 is 18.5 Å². The molecular weight excluding hydrogens is 346 g/mol. The first-order valence-corrected chi connectivity index (χ1v) is 9.01. The molecule has 3 heterocycles. The van der Waals surface area contributed by atoms with E-state index in [9.17, 15) is 4.79 Å². The fourth-order valence-electron chi connectivity index (χ4n) is 3.44. The van der Waals surface area contributed by atoms with Crippen LogP contribution in [0.25, 0.3) is 0 Å². The third kappa shape index (κ3) is 3.72. The molecule has 3 aromatic rings. The fraction of sp³-hybridized carbons (Fsp3) is 0.350. The van der Waals surface area contributed by atoms with E-state index in [1.807, 2.05) is 24.3 Å². The SMILES string of the molecule is COc1cccc(Cc2cnc([C@@H]3CCCCN3C(=O)c3cnco3)o2)c1. The molecule has 27 heavy (non-hydrogen) atoms. The van der Waals surface area contributed by atoms with Crippen molar-refractivity contribution in [3.05, 3.63) is 66.0 Å². The van der Waals surface area contributed by atoms with Gasteiger partial charge in [0.05, 0.1) is 19.5 Å². The Balaban J connectivity index is 1.52. The van der Waals surface area contributed by atoms with Gasteiger partial charge in [-0.15, -0.1) is 0 Å². The average Bonchev–Trinajstić information content (AvgIpc) is 3.40. The highest BCUT2D eigenvalue weighted by atomic mass is 16.5. The van der Waals surface area contributed by atoms with Gasteiger partial charge in [0, 0.05) is 13.0 Å². The predicted molar refractivity (Wildman–Crippen MR) is 96.4 cm³/mol. The molecular formula is C20H21N3O4. The van der Waals surface area contributed by atoms with Crippen molar-refractivity contribution in [3.63, 3.8) is 0 Å². The molecule has 0 radical (unpaired) electrons. The van der Waals surface area contributed by atoms with E-state index in [1.165, 1.54) is 12.6 Å². The van der Waals surface area contributed by atoms with Crippen LogP contribution in [-0.4, -0.2) is 34.4 Å². The number of methoxy groups -OCH3 is 1. The molecule has 1 aliphatic rings. The molecule has 7 nitrogen and oxygen atoms in total. The second-order valence-electron chi connectivity index (χ2n) is 6.57. The van der Waals surface area contributed by atoms with Gasteiger partial charge in [-0.1, -0.05) is 12.1 Å². The number of hydrogen-bond donors (Lipinski definition) is 0. The maximum Gasteiger partial charge on any atom is 0.291 e. The molecule has 140 valence electrons. The van der Waals surface area contributed by atoms with Crippen LogP contribution in [0.3, 0.4) is 0 Å². The summed E-state index contributed by atoms with van der Waals surface area (Å²) in [7, 11) is 1.65. The minimum absolute atomic E-state index is 0.176. The third-order valence-corrected chi connectivity index (χ3v) is 4.78. The van der Waals surface area contributed by atoms with Crippen molar-refractivity contribution in [2.24, 2.45) is 0 Å². The molecule has 0 aliphatic carbocycles. The van der Waals surface area contributed by atoms with Gasteiger partial charge in [-0.25, -0.2) is 9.97 Å². The Morgan fingerprint density at radius 1 is 1.33 bits per heavy atom. The summed E-state index contributed by atoms with van der Waals surface area (Å²) in [6, 6.07) is 7.66. The van der Waals surface area contributed by atoms with Crippen molar-refractivity contribution in [1.29, 1.82) is 0 Å². The average molecular weight is 367 g/mol. The van der Waals surface area contributed by atoms with Gasteiger partial charge in [-0.05, 0) is 37.0 Å². The molecule has 2 aromatic heterocycles. The van der Waals surface area contributed by atoms with E-state index < -0.39 is 0 Å². The van der Waals surface area contributed by atoms with E-state index in [1.54, 1.807) is 18.2 Å². The first kappa shape index (κ1) is 17.3. The highest BCUT2D eigenvalue weighted by Crippen LogP contribution is 2.32. The zero-order chi connectivity index (χ0) is 18.6. The number of rotatable bonds is 5. The largest absolute Gasteiger partial charge is 0.497 e. The Bertz CT molecular complexity index is 904. The molecule has 1 atom stereocenters. The Morgan fingerprint density at radius 2 is 2.26 bits per heavy atom. The maximum absolute atomic E-state index is 12.7.